The first-order valence-corrected chi connectivity index (χ1v) is 4.71. The molecule has 0 saturated carbocycles. The van der Waals surface area contributed by atoms with Gasteiger partial charge in [0.2, 0.25) is 0 Å². The lowest BCUT2D eigenvalue weighted by Crippen LogP contribution is -2.16. The van der Waals surface area contributed by atoms with Crippen molar-refractivity contribution < 1.29 is 14.8 Å². The Morgan fingerprint density at radius 2 is 2.39 bits per heavy atom. The SMILES string of the molecule is N#CCC(=O)N/N=C/c1ccc(O)c([N+](=O)[O-])c1. The average Bonchev–Trinajstić information content (AvgIpc) is 2.31. The van der Waals surface area contributed by atoms with Crippen LogP contribution in [0.5, 0.6) is 5.75 Å². The molecular weight excluding hydrogens is 240 g/mol. The minimum atomic E-state index is -0.735. The van der Waals surface area contributed by atoms with E-state index in [9.17, 15) is 20.0 Å². The fourth-order valence-electron chi connectivity index (χ4n) is 1.06. The molecular formula is C10H8N4O4. The van der Waals surface area contributed by atoms with E-state index in [1.54, 1.807) is 6.07 Å². The largest absolute Gasteiger partial charge is 0.502 e. The van der Waals surface area contributed by atoms with Crippen molar-refractivity contribution in [3.8, 4) is 11.8 Å². The monoisotopic (exact) mass is 248 g/mol. The van der Waals surface area contributed by atoms with Crippen LogP contribution in [0, 0.1) is 21.4 Å². The standard InChI is InChI=1S/C10H8N4O4/c11-4-3-10(16)13-12-6-7-1-2-9(15)8(5-7)14(17)18/h1-2,5-6,15H,3H2,(H,13,16)/b12-6+. The van der Waals surface area contributed by atoms with Crippen LogP contribution in [0.2, 0.25) is 0 Å². The summed E-state index contributed by atoms with van der Waals surface area (Å²) < 4.78 is 0. The molecule has 92 valence electrons. The summed E-state index contributed by atoms with van der Waals surface area (Å²) in [6, 6.07) is 5.29. The van der Waals surface area contributed by atoms with Gasteiger partial charge in [0.1, 0.15) is 6.42 Å². The third-order valence-electron chi connectivity index (χ3n) is 1.84. The Kier molecular flexibility index (Phi) is 4.34. The second kappa shape index (κ2) is 5.95. The first-order valence-electron chi connectivity index (χ1n) is 4.71. The molecule has 0 heterocycles. The molecule has 0 fully saturated rings. The quantitative estimate of drug-likeness (QED) is 0.459. The number of nitrogens with one attached hydrogen (secondary N) is 1. The van der Waals surface area contributed by atoms with Crippen molar-refractivity contribution in [2.75, 3.05) is 0 Å². The summed E-state index contributed by atoms with van der Waals surface area (Å²) in [5.74, 6) is -1.03. The van der Waals surface area contributed by atoms with E-state index in [0.29, 0.717) is 5.56 Å². The van der Waals surface area contributed by atoms with Crippen LogP contribution in [0.1, 0.15) is 12.0 Å². The number of nitro groups is 1. The van der Waals surface area contributed by atoms with Gasteiger partial charge in [0, 0.05) is 11.6 Å². The zero-order valence-corrected chi connectivity index (χ0v) is 9.03. The van der Waals surface area contributed by atoms with E-state index >= 15 is 0 Å². The van der Waals surface area contributed by atoms with Crippen LogP contribution in [0.4, 0.5) is 5.69 Å². The van der Waals surface area contributed by atoms with Crippen LogP contribution in [0.3, 0.4) is 0 Å². The summed E-state index contributed by atoms with van der Waals surface area (Å²) in [6.45, 7) is 0. The molecule has 0 aliphatic carbocycles. The Hall–Kier alpha value is -2.95. The molecule has 2 N–H and O–H groups in total. The van der Waals surface area contributed by atoms with Crippen molar-refractivity contribution in [2.24, 2.45) is 5.10 Å². The number of nitriles is 1. The van der Waals surface area contributed by atoms with Gasteiger partial charge in [-0.2, -0.15) is 10.4 Å². The Bertz CT molecular complexity index is 547. The third-order valence-corrected chi connectivity index (χ3v) is 1.84. The number of amides is 1. The van der Waals surface area contributed by atoms with Gasteiger partial charge in [-0.25, -0.2) is 5.43 Å². The number of rotatable bonds is 4. The van der Waals surface area contributed by atoms with Gasteiger partial charge in [-0.15, -0.1) is 0 Å². The van der Waals surface area contributed by atoms with Crippen LogP contribution in [0.25, 0.3) is 0 Å². The zero-order valence-electron chi connectivity index (χ0n) is 9.03. The van der Waals surface area contributed by atoms with Crippen LogP contribution in [-0.2, 0) is 4.79 Å². The molecule has 8 nitrogen and oxygen atoms in total. The van der Waals surface area contributed by atoms with Crippen LogP contribution in [0.15, 0.2) is 23.3 Å². The Morgan fingerprint density at radius 1 is 1.67 bits per heavy atom. The molecule has 0 aromatic heterocycles. The number of nitrogens with zero attached hydrogens (tertiary/aromatic N) is 3. The number of carbonyl (C=O) groups is 1. The fraction of sp³-hybridized carbons (Fsp3) is 0.100. The number of nitro benzene ring substituents is 1. The maximum absolute atomic E-state index is 10.9. The summed E-state index contributed by atoms with van der Waals surface area (Å²) in [5, 5.41) is 31.5. The van der Waals surface area contributed by atoms with E-state index in [2.05, 4.69) is 10.5 Å². The summed E-state index contributed by atoms with van der Waals surface area (Å²) in [6.07, 6.45) is 0.842. The molecule has 0 spiro atoms. The van der Waals surface area contributed by atoms with Crippen LogP contribution < -0.4 is 5.43 Å². The Morgan fingerprint density at radius 3 is 3.00 bits per heavy atom. The van der Waals surface area contributed by atoms with E-state index in [1.165, 1.54) is 12.3 Å². The average molecular weight is 248 g/mol. The molecule has 0 aliphatic rings. The van der Waals surface area contributed by atoms with Gasteiger partial charge in [-0.05, 0) is 12.1 Å². The van der Waals surface area contributed by atoms with E-state index in [4.69, 9.17) is 5.26 Å². The Balaban J connectivity index is 2.77. The van der Waals surface area contributed by atoms with Gasteiger partial charge < -0.3 is 5.11 Å². The number of carbonyl (C=O) groups excluding carboxylic acids is 1. The number of benzene rings is 1. The van der Waals surface area contributed by atoms with Gasteiger partial charge in [0.15, 0.2) is 5.75 Å². The predicted molar refractivity (Wildman–Crippen MR) is 60.7 cm³/mol. The highest BCUT2D eigenvalue weighted by Crippen LogP contribution is 2.25. The second-order valence-electron chi connectivity index (χ2n) is 3.13. The van der Waals surface area contributed by atoms with Gasteiger partial charge >= 0.3 is 5.69 Å². The van der Waals surface area contributed by atoms with Crippen molar-refractivity contribution in [3.63, 3.8) is 0 Å². The Labute approximate surface area is 101 Å². The molecule has 0 bridgehead atoms. The number of aromatic hydroxyl groups is 1. The highest BCUT2D eigenvalue weighted by Gasteiger charge is 2.12. The number of phenolic OH excluding ortho intramolecular Hbond substituents is 1. The number of hydrogen-bond acceptors (Lipinski definition) is 6. The molecule has 0 radical (unpaired) electrons. The van der Waals surface area contributed by atoms with Gasteiger partial charge in [0.25, 0.3) is 5.91 Å². The summed E-state index contributed by atoms with van der Waals surface area (Å²) in [7, 11) is 0. The van der Waals surface area contributed by atoms with Crippen molar-refractivity contribution in [1.29, 1.82) is 5.26 Å². The molecule has 0 saturated heterocycles. The van der Waals surface area contributed by atoms with E-state index in [0.717, 1.165) is 12.1 Å². The van der Waals surface area contributed by atoms with Crippen LogP contribution >= 0.6 is 0 Å². The molecule has 1 amide bonds. The number of phenols is 1. The van der Waals surface area contributed by atoms with Crippen molar-refractivity contribution in [2.45, 2.75) is 6.42 Å². The summed E-state index contributed by atoms with van der Waals surface area (Å²) >= 11 is 0. The number of hydrogen-bond donors (Lipinski definition) is 2. The number of hydrazone groups is 1. The highest BCUT2D eigenvalue weighted by molar-refractivity contribution is 5.84. The van der Waals surface area contributed by atoms with Gasteiger partial charge in [-0.1, -0.05) is 0 Å². The third kappa shape index (κ3) is 3.57. The molecule has 1 aromatic carbocycles. The molecule has 0 atom stereocenters. The zero-order chi connectivity index (χ0) is 13.5. The molecule has 1 aromatic rings. The first-order chi connectivity index (χ1) is 8.54. The fourth-order valence-corrected chi connectivity index (χ4v) is 1.06. The summed E-state index contributed by atoms with van der Waals surface area (Å²) in [5.41, 5.74) is 1.95. The molecule has 0 unspecified atom stereocenters. The molecule has 8 heteroatoms. The summed E-state index contributed by atoms with van der Waals surface area (Å²) in [4.78, 5) is 20.7. The lowest BCUT2D eigenvalue weighted by Gasteiger charge is -1.97. The normalized spacial score (nSPS) is 9.94. The lowest BCUT2D eigenvalue weighted by molar-refractivity contribution is -0.385. The maximum Gasteiger partial charge on any atom is 0.311 e. The van der Waals surface area contributed by atoms with Gasteiger partial charge in [0.05, 0.1) is 17.2 Å². The minimum Gasteiger partial charge on any atom is -0.502 e. The predicted octanol–water partition coefficient (Wildman–Crippen LogP) is 0.664. The van der Waals surface area contributed by atoms with Crippen molar-refractivity contribution in [3.05, 3.63) is 33.9 Å². The first kappa shape index (κ1) is 13.1. The topological polar surface area (TPSA) is 129 Å². The highest BCUT2D eigenvalue weighted by atomic mass is 16.6. The molecule has 0 aliphatic heterocycles. The van der Waals surface area contributed by atoms with E-state index < -0.39 is 22.3 Å². The van der Waals surface area contributed by atoms with Crippen LogP contribution in [-0.4, -0.2) is 22.2 Å². The van der Waals surface area contributed by atoms with Gasteiger partial charge in [-0.3, -0.25) is 14.9 Å². The lowest BCUT2D eigenvalue weighted by atomic mass is 10.2. The second-order valence-corrected chi connectivity index (χ2v) is 3.13. The maximum atomic E-state index is 10.9. The van der Waals surface area contributed by atoms with Crippen molar-refractivity contribution >= 4 is 17.8 Å². The van der Waals surface area contributed by atoms with E-state index in [1.807, 2.05) is 0 Å². The smallest absolute Gasteiger partial charge is 0.311 e. The van der Waals surface area contributed by atoms with E-state index in [-0.39, 0.29) is 6.42 Å². The minimum absolute atomic E-state index is 0.326. The molecule has 1 rings (SSSR count). The molecule has 18 heavy (non-hydrogen) atoms. The van der Waals surface area contributed by atoms with Crippen molar-refractivity contribution in [1.82, 2.24) is 5.43 Å².